The van der Waals surface area contributed by atoms with E-state index in [2.05, 4.69) is 79.4 Å². The van der Waals surface area contributed by atoms with Crippen LogP contribution in [0.1, 0.15) is 47.9 Å². The first-order valence-electron chi connectivity index (χ1n) is 11.2. The van der Waals surface area contributed by atoms with E-state index in [1.54, 1.807) is 0 Å². The van der Waals surface area contributed by atoms with E-state index in [0.29, 0.717) is 0 Å². The summed E-state index contributed by atoms with van der Waals surface area (Å²) in [7, 11) is 0. The van der Waals surface area contributed by atoms with Crippen molar-refractivity contribution in [2.45, 2.75) is 45.1 Å². The quantitative estimate of drug-likeness (QED) is 0.502. The number of hydrogen-bond donors (Lipinski definition) is 0. The molecule has 1 saturated heterocycles. The molecule has 1 amide bonds. The minimum absolute atomic E-state index is 0.0848. The molecule has 2 atom stereocenters. The van der Waals surface area contributed by atoms with Crippen molar-refractivity contribution in [3.63, 3.8) is 0 Å². The lowest BCUT2D eigenvalue weighted by molar-refractivity contribution is -0.121. The number of aryl methyl sites for hydroxylation is 2. The molecule has 0 radical (unpaired) electrons. The van der Waals surface area contributed by atoms with Crippen LogP contribution in [0, 0.1) is 25.7 Å². The number of rotatable bonds is 3. The molecule has 1 saturated carbocycles. The van der Waals surface area contributed by atoms with E-state index in [1.165, 1.54) is 28.7 Å². The van der Waals surface area contributed by atoms with Gasteiger partial charge in [-0.3, -0.25) is 9.69 Å². The van der Waals surface area contributed by atoms with Crippen molar-refractivity contribution in [2.75, 3.05) is 4.90 Å². The van der Waals surface area contributed by atoms with Crippen LogP contribution >= 0.6 is 0 Å². The van der Waals surface area contributed by atoms with Crippen molar-refractivity contribution in [2.24, 2.45) is 11.8 Å². The number of carbonyl (C=O) groups is 1. The number of nitrogens with zero attached hydrogens (tertiary/aromatic N) is 1. The smallest absolute Gasteiger partial charge is 0.231 e. The normalized spacial score (nSPS) is 22.7. The molecule has 0 N–H and O–H groups in total. The molecule has 30 heavy (non-hydrogen) atoms. The predicted molar refractivity (Wildman–Crippen MR) is 123 cm³/mol. The summed E-state index contributed by atoms with van der Waals surface area (Å²) in [5, 5.41) is 0. The zero-order valence-electron chi connectivity index (χ0n) is 17.8. The van der Waals surface area contributed by atoms with Crippen LogP contribution < -0.4 is 4.90 Å². The lowest BCUT2D eigenvalue weighted by atomic mass is 9.66. The van der Waals surface area contributed by atoms with Gasteiger partial charge in [0, 0.05) is 17.5 Å². The van der Waals surface area contributed by atoms with Gasteiger partial charge < -0.3 is 0 Å². The van der Waals surface area contributed by atoms with E-state index in [9.17, 15) is 4.79 Å². The van der Waals surface area contributed by atoms with Gasteiger partial charge in [0.05, 0.1) is 0 Å². The first kappa shape index (κ1) is 19.1. The summed E-state index contributed by atoms with van der Waals surface area (Å²) >= 11 is 0. The molecule has 1 aliphatic carbocycles. The summed E-state index contributed by atoms with van der Waals surface area (Å²) < 4.78 is 0. The third kappa shape index (κ3) is 2.81. The van der Waals surface area contributed by atoms with Crippen molar-refractivity contribution in [1.82, 2.24) is 0 Å². The zero-order valence-corrected chi connectivity index (χ0v) is 17.8. The molecule has 3 aromatic carbocycles. The molecule has 0 spiro atoms. The van der Waals surface area contributed by atoms with E-state index in [1.807, 2.05) is 18.2 Å². The Kier molecular flexibility index (Phi) is 4.73. The van der Waals surface area contributed by atoms with Crippen LogP contribution in [0.5, 0.6) is 0 Å². The first-order valence-corrected chi connectivity index (χ1v) is 11.2. The molecule has 2 heteroatoms. The van der Waals surface area contributed by atoms with Crippen LogP contribution in [0.3, 0.4) is 0 Å². The fourth-order valence-electron chi connectivity index (χ4n) is 5.81. The molecule has 0 bridgehead atoms. The minimum atomic E-state index is -0.467. The molecular weight excluding hydrogens is 366 g/mol. The van der Waals surface area contributed by atoms with Crippen LogP contribution in [0.4, 0.5) is 5.69 Å². The summed E-state index contributed by atoms with van der Waals surface area (Å²) in [5.74, 6) is 0.651. The maximum Gasteiger partial charge on any atom is 0.231 e. The Hall–Kier alpha value is -2.87. The molecule has 3 aromatic rings. The Morgan fingerprint density at radius 1 is 0.733 bits per heavy atom. The van der Waals surface area contributed by atoms with E-state index < -0.39 is 5.54 Å². The van der Waals surface area contributed by atoms with E-state index in [0.717, 1.165) is 24.9 Å². The number of carbonyl (C=O) groups excluding carboxylic acids is 1. The predicted octanol–water partition coefficient (Wildman–Crippen LogP) is 6.40. The highest BCUT2D eigenvalue weighted by atomic mass is 16.2. The molecule has 1 aliphatic heterocycles. The molecule has 5 rings (SSSR count). The number of benzene rings is 3. The second-order valence-corrected chi connectivity index (χ2v) is 9.01. The van der Waals surface area contributed by atoms with E-state index >= 15 is 0 Å². The standard InChI is InChI=1S/C28H29NO/c1-20-12-16-22(17-13-20)28(23-18-14-21(2)15-19-23)26-11-7-6-10-25(26)27(30)29(28)24-8-4-3-5-9-24/h3-5,8-9,12-19,25-26H,6-7,10-11H2,1-2H3. The fourth-order valence-corrected chi connectivity index (χ4v) is 5.81. The van der Waals surface area contributed by atoms with Gasteiger partial charge in [0.25, 0.3) is 0 Å². The van der Waals surface area contributed by atoms with Gasteiger partial charge in [0.2, 0.25) is 5.91 Å². The molecule has 2 nitrogen and oxygen atoms in total. The molecule has 1 heterocycles. The summed E-state index contributed by atoms with van der Waals surface area (Å²) in [6.07, 6.45) is 4.41. The summed E-state index contributed by atoms with van der Waals surface area (Å²) in [6.45, 7) is 4.25. The highest BCUT2D eigenvalue weighted by Crippen LogP contribution is 2.57. The average Bonchev–Trinajstić information content (AvgIpc) is 3.05. The molecule has 152 valence electrons. The summed E-state index contributed by atoms with van der Waals surface area (Å²) in [5.41, 5.74) is 5.47. The van der Waals surface area contributed by atoms with Crippen LogP contribution in [-0.4, -0.2) is 5.91 Å². The molecule has 0 aromatic heterocycles. The van der Waals surface area contributed by atoms with Gasteiger partial charge in [-0.25, -0.2) is 0 Å². The Bertz CT molecular complexity index is 991. The average molecular weight is 396 g/mol. The van der Waals surface area contributed by atoms with Crippen molar-refractivity contribution < 1.29 is 4.79 Å². The largest absolute Gasteiger partial charge is 0.298 e. The number of para-hydroxylation sites is 1. The van der Waals surface area contributed by atoms with Gasteiger partial charge in [-0.15, -0.1) is 0 Å². The number of fused-ring (bicyclic) bond motifs is 1. The minimum Gasteiger partial charge on any atom is -0.298 e. The second-order valence-electron chi connectivity index (χ2n) is 9.01. The van der Waals surface area contributed by atoms with Gasteiger partial charge in [0.15, 0.2) is 0 Å². The number of hydrogen-bond acceptors (Lipinski definition) is 1. The third-order valence-corrected chi connectivity index (χ3v) is 7.19. The Morgan fingerprint density at radius 3 is 1.83 bits per heavy atom. The topological polar surface area (TPSA) is 20.3 Å². The van der Waals surface area contributed by atoms with Gasteiger partial charge in [-0.1, -0.05) is 90.7 Å². The molecule has 2 aliphatic rings. The Labute approximate surface area is 179 Å². The van der Waals surface area contributed by atoms with Gasteiger partial charge in [-0.2, -0.15) is 0 Å². The van der Waals surface area contributed by atoms with Gasteiger partial charge >= 0.3 is 0 Å². The third-order valence-electron chi connectivity index (χ3n) is 7.19. The molecule has 2 unspecified atom stereocenters. The lowest BCUT2D eigenvalue weighted by Gasteiger charge is -2.44. The van der Waals surface area contributed by atoms with Crippen LogP contribution in [0.25, 0.3) is 0 Å². The highest BCUT2D eigenvalue weighted by molar-refractivity contribution is 6.01. The van der Waals surface area contributed by atoms with Crippen LogP contribution in [0.15, 0.2) is 78.9 Å². The first-order chi connectivity index (χ1) is 14.6. The second kappa shape index (κ2) is 7.43. The monoisotopic (exact) mass is 395 g/mol. The SMILES string of the molecule is Cc1ccc(C2(c3ccc(C)cc3)C3CCCCC3C(=O)N2c2ccccc2)cc1. The number of amides is 1. The lowest BCUT2D eigenvalue weighted by Crippen LogP contribution is -2.48. The van der Waals surface area contributed by atoms with Crippen molar-refractivity contribution in [3.05, 3.63) is 101 Å². The summed E-state index contributed by atoms with van der Waals surface area (Å²) in [4.78, 5) is 16.1. The van der Waals surface area contributed by atoms with Crippen LogP contribution in [0.2, 0.25) is 0 Å². The fraction of sp³-hybridized carbons (Fsp3) is 0.321. The van der Waals surface area contributed by atoms with E-state index in [4.69, 9.17) is 0 Å². The maximum atomic E-state index is 14.0. The molecule has 2 fully saturated rings. The maximum absolute atomic E-state index is 14.0. The van der Waals surface area contributed by atoms with Crippen molar-refractivity contribution >= 4 is 11.6 Å². The highest BCUT2D eigenvalue weighted by Gasteiger charge is 2.60. The van der Waals surface area contributed by atoms with Crippen molar-refractivity contribution in [1.29, 1.82) is 0 Å². The zero-order chi connectivity index (χ0) is 20.7. The van der Waals surface area contributed by atoms with Gasteiger partial charge in [-0.05, 0) is 49.9 Å². The Balaban J connectivity index is 1.83. The van der Waals surface area contributed by atoms with Crippen LogP contribution in [-0.2, 0) is 10.3 Å². The number of anilines is 1. The van der Waals surface area contributed by atoms with E-state index in [-0.39, 0.29) is 17.7 Å². The summed E-state index contributed by atoms with van der Waals surface area (Å²) in [6, 6.07) is 28.0. The van der Waals surface area contributed by atoms with Gasteiger partial charge in [0.1, 0.15) is 5.54 Å². The van der Waals surface area contributed by atoms with Crippen molar-refractivity contribution in [3.8, 4) is 0 Å². The Morgan fingerprint density at radius 2 is 1.27 bits per heavy atom. The molecular formula is C28H29NO.